The average molecular weight is 364 g/mol. The number of amides is 1. The van der Waals surface area contributed by atoms with Crippen molar-refractivity contribution in [3.63, 3.8) is 0 Å². The smallest absolute Gasteiger partial charge is 0.276 e. The van der Waals surface area contributed by atoms with Gasteiger partial charge in [-0.05, 0) is 48.9 Å². The van der Waals surface area contributed by atoms with E-state index in [-0.39, 0.29) is 11.7 Å². The summed E-state index contributed by atoms with van der Waals surface area (Å²) in [5.74, 6) is 0.131. The van der Waals surface area contributed by atoms with Gasteiger partial charge in [0, 0.05) is 13.1 Å². The van der Waals surface area contributed by atoms with Gasteiger partial charge in [-0.15, -0.1) is 5.10 Å². The van der Waals surface area contributed by atoms with Crippen LogP contribution in [0.2, 0.25) is 0 Å². The molecular formula is C21H21FN4O. The van der Waals surface area contributed by atoms with Gasteiger partial charge in [0.1, 0.15) is 5.82 Å². The van der Waals surface area contributed by atoms with Gasteiger partial charge in [0.05, 0.1) is 11.9 Å². The number of carbonyl (C=O) groups excluding carboxylic acids is 1. The Kier molecular flexibility index (Phi) is 4.96. The first-order valence-corrected chi connectivity index (χ1v) is 9.20. The number of piperidine rings is 1. The van der Waals surface area contributed by atoms with Crippen molar-refractivity contribution in [3.05, 3.63) is 77.9 Å². The van der Waals surface area contributed by atoms with Crippen molar-refractivity contribution in [1.82, 2.24) is 19.9 Å². The van der Waals surface area contributed by atoms with E-state index in [9.17, 15) is 9.18 Å². The molecule has 5 nitrogen and oxygen atoms in total. The molecule has 1 fully saturated rings. The Morgan fingerprint density at radius 3 is 2.59 bits per heavy atom. The van der Waals surface area contributed by atoms with Gasteiger partial charge in [-0.25, -0.2) is 9.07 Å². The standard InChI is InChI=1S/C21H21FN4O/c22-18-7-4-8-19(14-18)26-15-20(23-24-26)21(27)25-11-9-17(10-12-25)13-16-5-2-1-3-6-16/h1-8,14-15,17H,9-13H2. The molecule has 0 spiro atoms. The fourth-order valence-corrected chi connectivity index (χ4v) is 3.56. The molecule has 1 aliphatic heterocycles. The minimum absolute atomic E-state index is 0.115. The topological polar surface area (TPSA) is 51.0 Å². The first-order valence-electron chi connectivity index (χ1n) is 9.20. The van der Waals surface area contributed by atoms with Crippen LogP contribution in [0.5, 0.6) is 0 Å². The molecular weight excluding hydrogens is 343 g/mol. The Morgan fingerprint density at radius 2 is 1.85 bits per heavy atom. The number of hydrogen-bond acceptors (Lipinski definition) is 3. The number of benzene rings is 2. The third-order valence-corrected chi connectivity index (χ3v) is 5.05. The highest BCUT2D eigenvalue weighted by atomic mass is 19.1. The van der Waals surface area contributed by atoms with Gasteiger partial charge in [0.2, 0.25) is 0 Å². The predicted octanol–water partition coefficient (Wildman–Crippen LogP) is 3.50. The number of likely N-dealkylation sites (tertiary alicyclic amines) is 1. The SMILES string of the molecule is O=C(c1cn(-c2cccc(F)c2)nn1)N1CCC(Cc2ccccc2)CC1. The first-order chi connectivity index (χ1) is 13.2. The monoisotopic (exact) mass is 364 g/mol. The minimum atomic E-state index is -0.351. The highest BCUT2D eigenvalue weighted by Crippen LogP contribution is 2.22. The van der Waals surface area contributed by atoms with Gasteiger partial charge in [0.25, 0.3) is 5.91 Å². The second-order valence-electron chi connectivity index (χ2n) is 6.95. The number of halogens is 1. The summed E-state index contributed by atoms with van der Waals surface area (Å²) in [6, 6.07) is 16.5. The van der Waals surface area contributed by atoms with Crippen LogP contribution in [0.25, 0.3) is 5.69 Å². The van der Waals surface area contributed by atoms with Gasteiger partial charge in [0.15, 0.2) is 5.69 Å². The van der Waals surface area contributed by atoms with Crippen molar-refractivity contribution >= 4 is 5.91 Å². The van der Waals surface area contributed by atoms with Crippen LogP contribution in [0.3, 0.4) is 0 Å². The van der Waals surface area contributed by atoms with Crippen molar-refractivity contribution in [2.75, 3.05) is 13.1 Å². The van der Waals surface area contributed by atoms with E-state index in [0.717, 1.165) is 32.4 Å². The summed E-state index contributed by atoms with van der Waals surface area (Å²) >= 11 is 0. The van der Waals surface area contributed by atoms with E-state index in [1.165, 1.54) is 22.4 Å². The lowest BCUT2D eigenvalue weighted by Crippen LogP contribution is -2.39. The van der Waals surface area contributed by atoms with Crippen LogP contribution in [-0.2, 0) is 6.42 Å². The van der Waals surface area contributed by atoms with E-state index in [2.05, 4.69) is 34.6 Å². The van der Waals surface area contributed by atoms with Crippen molar-refractivity contribution < 1.29 is 9.18 Å². The lowest BCUT2D eigenvalue weighted by molar-refractivity contribution is 0.0684. The van der Waals surface area contributed by atoms with Crippen molar-refractivity contribution in [2.45, 2.75) is 19.3 Å². The molecule has 3 aromatic rings. The third-order valence-electron chi connectivity index (χ3n) is 5.05. The zero-order chi connectivity index (χ0) is 18.6. The van der Waals surface area contributed by atoms with Crippen molar-refractivity contribution in [2.24, 2.45) is 5.92 Å². The molecule has 6 heteroatoms. The van der Waals surface area contributed by atoms with Crippen LogP contribution < -0.4 is 0 Å². The molecule has 138 valence electrons. The van der Waals surface area contributed by atoms with Crippen LogP contribution >= 0.6 is 0 Å². The van der Waals surface area contributed by atoms with Gasteiger partial charge in [-0.1, -0.05) is 41.6 Å². The van der Waals surface area contributed by atoms with Crippen molar-refractivity contribution in [1.29, 1.82) is 0 Å². The van der Waals surface area contributed by atoms with E-state index in [0.29, 0.717) is 17.3 Å². The quantitative estimate of drug-likeness (QED) is 0.712. The fraction of sp³-hybridized carbons (Fsp3) is 0.286. The molecule has 2 aromatic carbocycles. The summed E-state index contributed by atoms with van der Waals surface area (Å²) in [4.78, 5) is 14.5. The number of carbonyl (C=O) groups is 1. The van der Waals surface area contributed by atoms with Crippen LogP contribution in [0.4, 0.5) is 4.39 Å². The van der Waals surface area contributed by atoms with Crippen molar-refractivity contribution in [3.8, 4) is 5.69 Å². The van der Waals surface area contributed by atoms with Gasteiger partial charge < -0.3 is 4.90 Å². The zero-order valence-electron chi connectivity index (χ0n) is 15.0. The fourth-order valence-electron chi connectivity index (χ4n) is 3.56. The van der Waals surface area contributed by atoms with E-state index < -0.39 is 0 Å². The maximum Gasteiger partial charge on any atom is 0.276 e. The zero-order valence-corrected chi connectivity index (χ0v) is 15.0. The summed E-state index contributed by atoms with van der Waals surface area (Å²) in [5, 5.41) is 7.95. The van der Waals surface area contributed by atoms with E-state index in [1.54, 1.807) is 18.3 Å². The Labute approximate surface area is 157 Å². The molecule has 0 radical (unpaired) electrons. The Hall–Kier alpha value is -3.02. The van der Waals surface area contributed by atoms with Crippen LogP contribution in [0.15, 0.2) is 60.8 Å². The summed E-state index contributed by atoms with van der Waals surface area (Å²) < 4.78 is 14.8. The summed E-state index contributed by atoms with van der Waals surface area (Å²) in [6.45, 7) is 1.45. The van der Waals surface area contributed by atoms with Gasteiger partial charge in [-0.3, -0.25) is 4.79 Å². The second-order valence-corrected chi connectivity index (χ2v) is 6.95. The maximum absolute atomic E-state index is 13.4. The molecule has 1 amide bonds. The summed E-state index contributed by atoms with van der Waals surface area (Å²) in [6.07, 6.45) is 4.59. The van der Waals surface area contributed by atoms with E-state index >= 15 is 0 Å². The molecule has 1 aromatic heterocycles. The summed E-state index contributed by atoms with van der Waals surface area (Å²) in [5.41, 5.74) is 2.18. The maximum atomic E-state index is 13.4. The largest absolute Gasteiger partial charge is 0.337 e. The Balaban J connectivity index is 1.37. The number of nitrogens with zero attached hydrogens (tertiary/aromatic N) is 4. The summed E-state index contributed by atoms with van der Waals surface area (Å²) in [7, 11) is 0. The Bertz CT molecular complexity index is 917. The molecule has 1 saturated heterocycles. The lowest BCUT2D eigenvalue weighted by atomic mass is 9.90. The molecule has 0 bridgehead atoms. The van der Waals surface area contributed by atoms with Crippen LogP contribution in [0.1, 0.15) is 28.9 Å². The van der Waals surface area contributed by atoms with E-state index in [4.69, 9.17) is 0 Å². The van der Waals surface area contributed by atoms with Gasteiger partial charge in [-0.2, -0.15) is 0 Å². The molecule has 4 rings (SSSR count). The lowest BCUT2D eigenvalue weighted by Gasteiger charge is -2.31. The van der Waals surface area contributed by atoms with Crippen LogP contribution in [0, 0.1) is 11.7 Å². The predicted molar refractivity (Wildman–Crippen MR) is 100 cm³/mol. The molecule has 0 unspecified atom stereocenters. The third kappa shape index (κ3) is 4.05. The average Bonchev–Trinajstić information content (AvgIpc) is 3.19. The highest BCUT2D eigenvalue weighted by Gasteiger charge is 2.25. The first kappa shape index (κ1) is 17.4. The molecule has 0 saturated carbocycles. The highest BCUT2D eigenvalue weighted by molar-refractivity contribution is 5.92. The normalized spacial score (nSPS) is 15.1. The van der Waals surface area contributed by atoms with Crippen LogP contribution in [-0.4, -0.2) is 38.9 Å². The molecule has 0 aliphatic carbocycles. The molecule has 1 aliphatic rings. The molecule has 2 heterocycles. The second kappa shape index (κ2) is 7.70. The molecule has 27 heavy (non-hydrogen) atoms. The minimum Gasteiger partial charge on any atom is -0.337 e. The number of rotatable bonds is 4. The van der Waals surface area contributed by atoms with E-state index in [1.807, 2.05) is 11.0 Å². The Morgan fingerprint density at radius 1 is 1.07 bits per heavy atom. The number of hydrogen-bond donors (Lipinski definition) is 0. The molecule has 0 N–H and O–H groups in total. The number of aromatic nitrogens is 3. The molecule has 0 atom stereocenters. The van der Waals surface area contributed by atoms with Gasteiger partial charge >= 0.3 is 0 Å².